The Morgan fingerprint density at radius 2 is 0.927 bits per heavy atom. The van der Waals surface area contributed by atoms with E-state index < -0.39 is 0 Å². The fourth-order valence-electron chi connectivity index (χ4n) is 9.10. The minimum atomic E-state index is 0.717. The molecule has 3 nitrogen and oxygen atoms in total. The van der Waals surface area contributed by atoms with E-state index in [9.17, 15) is 0 Å². The normalized spacial score (nSPS) is 12.0. The molecule has 254 valence electrons. The zero-order valence-corrected chi connectivity index (χ0v) is 29.7. The maximum Gasteiger partial charge on any atom is 0.160 e. The lowest BCUT2D eigenvalue weighted by Crippen LogP contribution is -2.00. The molecule has 0 spiro atoms. The zero-order chi connectivity index (χ0) is 36.0. The highest BCUT2D eigenvalue weighted by molar-refractivity contribution is 6.31. The fourth-order valence-corrected chi connectivity index (χ4v) is 9.10. The molecule has 11 aromatic rings. The van der Waals surface area contributed by atoms with E-state index in [1.54, 1.807) is 0 Å². The Hall–Kier alpha value is -7.36. The summed E-state index contributed by atoms with van der Waals surface area (Å²) in [5.41, 5.74) is 14.9. The predicted octanol–water partition coefficient (Wildman–Crippen LogP) is 13.7. The molecule has 0 atom stereocenters. The average Bonchev–Trinajstić information content (AvgIpc) is 3.54. The summed E-state index contributed by atoms with van der Waals surface area (Å²) in [5, 5.41) is 8.41. The lowest BCUT2D eigenvalue weighted by atomic mass is 9.93. The van der Waals surface area contributed by atoms with E-state index in [0.717, 1.165) is 50.0 Å². The van der Waals surface area contributed by atoms with Gasteiger partial charge >= 0.3 is 0 Å². The standard InChI is InChI=1S/C52H31N3/c1-3-13-32(14-4-1)33-25-27-35(28-26-33)50-43-31-46(39-20-9-10-21-42(39)51(43)54-52(53-50)36-15-5-2-6-16-36)55-44-24-12-23-41-38-19-8-7-18-37(38)40-22-11-17-34-29-30-45(55)49(47(34)40)48(41)44/h1-31H. The van der Waals surface area contributed by atoms with Gasteiger partial charge in [-0.3, -0.25) is 0 Å². The van der Waals surface area contributed by atoms with E-state index in [1.165, 1.54) is 66.0 Å². The average molecular weight is 698 g/mol. The van der Waals surface area contributed by atoms with Crippen molar-refractivity contribution in [2.24, 2.45) is 0 Å². The predicted molar refractivity (Wildman–Crippen MR) is 230 cm³/mol. The summed E-state index contributed by atoms with van der Waals surface area (Å²) in [6.45, 7) is 0. The first kappa shape index (κ1) is 30.1. The van der Waals surface area contributed by atoms with Crippen molar-refractivity contribution in [1.82, 2.24) is 14.5 Å². The van der Waals surface area contributed by atoms with Gasteiger partial charge in [-0.25, -0.2) is 9.97 Å². The van der Waals surface area contributed by atoms with Crippen molar-refractivity contribution in [3.63, 3.8) is 0 Å². The summed E-state index contributed by atoms with van der Waals surface area (Å²) in [6, 6.07) is 67.8. The number of hydrogen-bond donors (Lipinski definition) is 0. The molecule has 1 aliphatic rings. The third kappa shape index (κ3) is 4.38. The van der Waals surface area contributed by atoms with Crippen LogP contribution in [0.25, 0.3) is 116 Å². The summed E-state index contributed by atoms with van der Waals surface area (Å²) < 4.78 is 2.49. The first-order chi connectivity index (χ1) is 27.3. The van der Waals surface area contributed by atoms with Crippen molar-refractivity contribution in [2.45, 2.75) is 0 Å². The van der Waals surface area contributed by atoms with E-state index in [4.69, 9.17) is 9.97 Å². The third-order valence-electron chi connectivity index (χ3n) is 11.5. The Morgan fingerprint density at radius 1 is 0.345 bits per heavy atom. The van der Waals surface area contributed by atoms with E-state index in [-0.39, 0.29) is 0 Å². The van der Waals surface area contributed by atoms with Gasteiger partial charge in [0.1, 0.15) is 0 Å². The van der Waals surface area contributed by atoms with Gasteiger partial charge in [-0.2, -0.15) is 0 Å². The first-order valence-electron chi connectivity index (χ1n) is 18.8. The second-order valence-electron chi connectivity index (χ2n) is 14.5. The molecular weight excluding hydrogens is 667 g/mol. The van der Waals surface area contributed by atoms with E-state index >= 15 is 0 Å². The van der Waals surface area contributed by atoms with Crippen LogP contribution < -0.4 is 0 Å². The van der Waals surface area contributed by atoms with Gasteiger partial charge < -0.3 is 4.57 Å². The molecule has 0 bridgehead atoms. The van der Waals surface area contributed by atoms with Crippen molar-refractivity contribution in [3.8, 4) is 61.7 Å². The van der Waals surface area contributed by atoms with Crippen LogP contribution in [0, 0.1) is 0 Å². The molecule has 0 aliphatic heterocycles. The number of rotatable bonds is 4. The minimum Gasteiger partial charge on any atom is -0.309 e. The largest absolute Gasteiger partial charge is 0.309 e. The fraction of sp³-hybridized carbons (Fsp3) is 0. The van der Waals surface area contributed by atoms with Crippen LogP contribution in [0.15, 0.2) is 188 Å². The molecule has 9 aromatic carbocycles. The molecule has 0 radical (unpaired) electrons. The first-order valence-corrected chi connectivity index (χ1v) is 18.8. The quantitative estimate of drug-likeness (QED) is 0.171. The molecule has 0 saturated heterocycles. The number of aromatic nitrogens is 3. The number of fused-ring (bicyclic) bond motifs is 6. The Kier molecular flexibility index (Phi) is 6.34. The van der Waals surface area contributed by atoms with Crippen LogP contribution in [-0.2, 0) is 0 Å². The maximum atomic E-state index is 5.38. The molecule has 0 fully saturated rings. The Morgan fingerprint density at radius 3 is 1.69 bits per heavy atom. The molecule has 2 heterocycles. The highest BCUT2D eigenvalue weighted by Crippen LogP contribution is 2.50. The van der Waals surface area contributed by atoms with Crippen LogP contribution in [0.1, 0.15) is 0 Å². The molecule has 0 saturated carbocycles. The van der Waals surface area contributed by atoms with Gasteiger partial charge in [0.15, 0.2) is 5.82 Å². The molecule has 55 heavy (non-hydrogen) atoms. The molecular formula is C52H31N3. The van der Waals surface area contributed by atoms with E-state index in [2.05, 4.69) is 187 Å². The minimum absolute atomic E-state index is 0.717. The van der Waals surface area contributed by atoms with Crippen molar-refractivity contribution >= 4 is 54.3 Å². The smallest absolute Gasteiger partial charge is 0.160 e. The number of nitrogens with zero attached hydrogens (tertiary/aromatic N) is 3. The van der Waals surface area contributed by atoms with Gasteiger partial charge in [-0.15, -0.1) is 0 Å². The SMILES string of the molecule is c1ccc(-c2ccc(-c3nc(-c4ccccc4)nc4c3cc(-n3c5cccc6c5c5c7c(cccc7ccc53)-c3ccccc3-6)c3ccccc34)cc2)cc1. The van der Waals surface area contributed by atoms with Gasteiger partial charge in [0.05, 0.1) is 27.9 Å². The summed E-state index contributed by atoms with van der Waals surface area (Å²) in [4.78, 5) is 10.7. The van der Waals surface area contributed by atoms with Crippen molar-refractivity contribution in [2.75, 3.05) is 0 Å². The van der Waals surface area contributed by atoms with Crippen molar-refractivity contribution < 1.29 is 0 Å². The monoisotopic (exact) mass is 697 g/mol. The van der Waals surface area contributed by atoms with Crippen LogP contribution in [0.5, 0.6) is 0 Å². The summed E-state index contributed by atoms with van der Waals surface area (Å²) in [6.07, 6.45) is 0. The van der Waals surface area contributed by atoms with Crippen LogP contribution in [-0.4, -0.2) is 14.5 Å². The molecule has 2 aromatic heterocycles. The lowest BCUT2D eigenvalue weighted by molar-refractivity contribution is 1.19. The molecule has 0 N–H and O–H groups in total. The molecule has 3 heteroatoms. The maximum absolute atomic E-state index is 5.38. The summed E-state index contributed by atoms with van der Waals surface area (Å²) >= 11 is 0. The Balaban J connectivity index is 1.21. The zero-order valence-electron chi connectivity index (χ0n) is 29.7. The Bertz CT molecular complexity index is 3340. The Labute approximate surface area is 317 Å². The van der Waals surface area contributed by atoms with Gasteiger partial charge in [-0.1, -0.05) is 170 Å². The molecule has 0 unspecified atom stereocenters. The highest BCUT2D eigenvalue weighted by atomic mass is 15.0. The second kappa shape index (κ2) is 11.6. The number of benzene rings is 9. The van der Waals surface area contributed by atoms with E-state index in [0.29, 0.717) is 0 Å². The van der Waals surface area contributed by atoms with Crippen LogP contribution in [0.2, 0.25) is 0 Å². The topological polar surface area (TPSA) is 30.7 Å². The van der Waals surface area contributed by atoms with Gasteiger partial charge in [0, 0.05) is 38.1 Å². The summed E-state index contributed by atoms with van der Waals surface area (Å²) in [5.74, 6) is 0.717. The molecule has 12 rings (SSSR count). The summed E-state index contributed by atoms with van der Waals surface area (Å²) in [7, 11) is 0. The third-order valence-corrected chi connectivity index (χ3v) is 11.5. The second-order valence-corrected chi connectivity index (χ2v) is 14.5. The van der Waals surface area contributed by atoms with Crippen LogP contribution in [0.4, 0.5) is 0 Å². The van der Waals surface area contributed by atoms with Crippen LogP contribution in [0.3, 0.4) is 0 Å². The van der Waals surface area contributed by atoms with Gasteiger partial charge in [-0.05, 0) is 62.4 Å². The molecule has 0 amide bonds. The van der Waals surface area contributed by atoms with Gasteiger partial charge in [0.25, 0.3) is 0 Å². The molecule has 1 aliphatic carbocycles. The van der Waals surface area contributed by atoms with Crippen molar-refractivity contribution in [3.05, 3.63) is 188 Å². The van der Waals surface area contributed by atoms with Gasteiger partial charge in [0.2, 0.25) is 0 Å². The highest BCUT2D eigenvalue weighted by Gasteiger charge is 2.26. The lowest BCUT2D eigenvalue weighted by Gasteiger charge is -2.18. The van der Waals surface area contributed by atoms with E-state index in [1.807, 2.05) is 6.07 Å². The number of hydrogen-bond acceptors (Lipinski definition) is 2. The van der Waals surface area contributed by atoms with Crippen molar-refractivity contribution in [1.29, 1.82) is 0 Å². The van der Waals surface area contributed by atoms with Crippen LogP contribution >= 0.6 is 0 Å².